The van der Waals surface area contributed by atoms with E-state index in [4.69, 9.17) is 9.72 Å². The first kappa shape index (κ1) is 22.9. The standard InChI is InChI=1S/C26H35N3O2/c1-19(2)26(30)27-13-9-12-25-28-23-10-5-6-11-24(23)29(25)14-7-8-15-31-22-17-20(3)16-21(4)18-22/h5-6,10-11,16-19H,7-9,12-15H2,1-4H3,(H,27,30). The summed E-state index contributed by atoms with van der Waals surface area (Å²) in [5.41, 5.74) is 4.68. The van der Waals surface area contributed by atoms with E-state index in [-0.39, 0.29) is 11.8 Å². The second-order valence-corrected chi connectivity index (χ2v) is 8.60. The van der Waals surface area contributed by atoms with E-state index in [0.29, 0.717) is 13.2 Å². The summed E-state index contributed by atoms with van der Waals surface area (Å²) >= 11 is 0. The fraction of sp³-hybridized carbons (Fsp3) is 0.462. The normalized spacial score (nSPS) is 11.3. The summed E-state index contributed by atoms with van der Waals surface area (Å²) in [6.07, 6.45) is 3.76. The van der Waals surface area contributed by atoms with Crippen LogP contribution in [0.25, 0.3) is 11.0 Å². The fourth-order valence-electron chi connectivity index (χ4n) is 3.81. The third-order valence-corrected chi connectivity index (χ3v) is 5.37. The first-order valence-corrected chi connectivity index (χ1v) is 11.4. The van der Waals surface area contributed by atoms with Crippen molar-refractivity contribution in [1.82, 2.24) is 14.9 Å². The largest absolute Gasteiger partial charge is 0.494 e. The van der Waals surface area contributed by atoms with Crippen molar-refractivity contribution in [2.45, 2.75) is 59.9 Å². The molecule has 3 rings (SSSR count). The number of ether oxygens (including phenoxy) is 1. The van der Waals surface area contributed by atoms with Gasteiger partial charge in [-0.15, -0.1) is 0 Å². The summed E-state index contributed by atoms with van der Waals surface area (Å²) in [6, 6.07) is 14.6. The minimum Gasteiger partial charge on any atom is -0.494 e. The lowest BCUT2D eigenvalue weighted by atomic mass is 10.1. The highest BCUT2D eigenvalue weighted by Crippen LogP contribution is 2.19. The highest BCUT2D eigenvalue weighted by molar-refractivity contribution is 5.77. The van der Waals surface area contributed by atoms with E-state index in [0.717, 1.165) is 49.3 Å². The molecule has 3 aromatic rings. The van der Waals surface area contributed by atoms with E-state index >= 15 is 0 Å². The van der Waals surface area contributed by atoms with E-state index in [9.17, 15) is 4.79 Å². The van der Waals surface area contributed by atoms with E-state index < -0.39 is 0 Å². The molecule has 31 heavy (non-hydrogen) atoms. The molecule has 1 aromatic heterocycles. The van der Waals surface area contributed by atoms with Crippen molar-refractivity contribution in [3.63, 3.8) is 0 Å². The number of unbranched alkanes of at least 4 members (excludes halogenated alkanes) is 1. The predicted octanol–water partition coefficient (Wildman–Crippen LogP) is 5.22. The van der Waals surface area contributed by atoms with E-state index in [2.05, 4.69) is 60.1 Å². The van der Waals surface area contributed by atoms with Gasteiger partial charge in [0.25, 0.3) is 0 Å². The molecule has 0 spiro atoms. The van der Waals surface area contributed by atoms with Crippen LogP contribution in [0, 0.1) is 19.8 Å². The molecule has 0 saturated heterocycles. The molecule has 0 aliphatic carbocycles. The zero-order valence-corrected chi connectivity index (χ0v) is 19.3. The van der Waals surface area contributed by atoms with Gasteiger partial charge in [-0.05, 0) is 68.5 Å². The molecule has 0 unspecified atom stereocenters. The van der Waals surface area contributed by atoms with Crippen LogP contribution in [0.4, 0.5) is 0 Å². The molecular formula is C26H35N3O2. The smallest absolute Gasteiger partial charge is 0.222 e. The predicted molar refractivity (Wildman–Crippen MR) is 127 cm³/mol. The number of nitrogens with zero attached hydrogens (tertiary/aromatic N) is 2. The van der Waals surface area contributed by atoms with Crippen molar-refractivity contribution in [2.75, 3.05) is 13.2 Å². The fourth-order valence-corrected chi connectivity index (χ4v) is 3.81. The molecule has 0 aliphatic rings. The number of carbonyl (C=O) groups is 1. The number of aryl methyl sites for hydroxylation is 4. The number of amides is 1. The van der Waals surface area contributed by atoms with Crippen molar-refractivity contribution in [2.24, 2.45) is 5.92 Å². The SMILES string of the molecule is Cc1cc(C)cc(OCCCCn2c(CCCNC(=O)C(C)C)nc3ccccc32)c1. The van der Waals surface area contributed by atoms with E-state index in [1.807, 2.05) is 19.9 Å². The highest BCUT2D eigenvalue weighted by atomic mass is 16.5. The van der Waals surface area contributed by atoms with Crippen LogP contribution < -0.4 is 10.1 Å². The van der Waals surface area contributed by atoms with Gasteiger partial charge in [0.2, 0.25) is 5.91 Å². The summed E-state index contributed by atoms with van der Waals surface area (Å²) in [6.45, 7) is 10.3. The molecule has 0 saturated carbocycles. The minimum absolute atomic E-state index is 0.0236. The van der Waals surface area contributed by atoms with E-state index in [1.165, 1.54) is 16.6 Å². The number of carbonyl (C=O) groups excluding carboxylic acids is 1. The molecule has 0 fully saturated rings. The molecule has 0 bridgehead atoms. The van der Waals surface area contributed by atoms with Crippen molar-refractivity contribution in [1.29, 1.82) is 0 Å². The molecule has 0 radical (unpaired) electrons. The minimum atomic E-state index is 0.0236. The Labute approximate surface area is 185 Å². The van der Waals surface area contributed by atoms with Gasteiger partial charge in [-0.3, -0.25) is 4.79 Å². The lowest BCUT2D eigenvalue weighted by Crippen LogP contribution is -2.28. The molecule has 5 nitrogen and oxygen atoms in total. The Morgan fingerprint density at radius 3 is 2.55 bits per heavy atom. The van der Waals surface area contributed by atoms with Gasteiger partial charge < -0.3 is 14.6 Å². The zero-order valence-electron chi connectivity index (χ0n) is 19.3. The lowest BCUT2D eigenvalue weighted by Gasteiger charge is -2.11. The summed E-state index contributed by atoms with van der Waals surface area (Å²) < 4.78 is 8.29. The molecule has 1 amide bonds. The van der Waals surface area contributed by atoms with Gasteiger partial charge in [0, 0.05) is 25.4 Å². The molecular weight excluding hydrogens is 386 g/mol. The van der Waals surface area contributed by atoms with Crippen LogP contribution >= 0.6 is 0 Å². The van der Waals surface area contributed by atoms with Gasteiger partial charge in [0.1, 0.15) is 11.6 Å². The molecule has 2 aromatic carbocycles. The van der Waals surface area contributed by atoms with Crippen molar-refractivity contribution in [3.05, 3.63) is 59.4 Å². The molecule has 0 aliphatic heterocycles. The Morgan fingerprint density at radius 1 is 1.06 bits per heavy atom. The number of fused-ring (bicyclic) bond motifs is 1. The second-order valence-electron chi connectivity index (χ2n) is 8.60. The van der Waals surface area contributed by atoms with Gasteiger partial charge in [0.05, 0.1) is 17.6 Å². The lowest BCUT2D eigenvalue weighted by molar-refractivity contribution is -0.123. The van der Waals surface area contributed by atoms with Gasteiger partial charge in [0.15, 0.2) is 0 Å². The van der Waals surface area contributed by atoms with Crippen LogP contribution in [0.5, 0.6) is 5.75 Å². The number of benzene rings is 2. The summed E-state index contributed by atoms with van der Waals surface area (Å²) in [4.78, 5) is 16.6. The monoisotopic (exact) mass is 421 g/mol. The van der Waals surface area contributed by atoms with Crippen LogP contribution in [0.1, 0.15) is 50.1 Å². The van der Waals surface area contributed by atoms with Crippen molar-refractivity contribution in [3.8, 4) is 5.75 Å². The van der Waals surface area contributed by atoms with Crippen molar-refractivity contribution >= 4 is 16.9 Å². The molecule has 0 atom stereocenters. The Morgan fingerprint density at radius 2 is 1.81 bits per heavy atom. The van der Waals surface area contributed by atoms with Crippen LogP contribution in [0.3, 0.4) is 0 Å². The summed E-state index contributed by atoms with van der Waals surface area (Å²) in [5.74, 6) is 2.18. The highest BCUT2D eigenvalue weighted by Gasteiger charge is 2.11. The topological polar surface area (TPSA) is 56.1 Å². The zero-order chi connectivity index (χ0) is 22.2. The third-order valence-electron chi connectivity index (χ3n) is 5.37. The van der Waals surface area contributed by atoms with Gasteiger partial charge in [-0.2, -0.15) is 0 Å². The number of rotatable bonds is 11. The van der Waals surface area contributed by atoms with Gasteiger partial charge >= 0.3 is 0 Å². The number of hydrogen-bond acceptors (Lipinski definition) is 3. The Hall–Kier alpha value is -2.82. The average Bonchev–Trinajstić information content (AvgIpc) is 3.07. The van der Waals surface area contributed by atoms with Crippen LogP contribution in [-0.4, -0.2) is 28.6 Å². The number of hydrogen-bond donors (Lipinski definition) is 1. The third kappa shape index (κ3) is 6.58. The second kappa shape index (κ2) is 11.0. The Bertz CT molecular complexity index is 987. The Balaban J connectivity index is 1.53. The quantitative estimate of drug-likeness (QED) is 0.432. The molecule has 1 N–H and O–H groups in total. The number of nitrogens with one attached hydrogen (secondary N) is 1. The van der Waals surface area contributed by atoms with E-state index in [1.54, 1.807) is 0 Å². The molecule has 1 heterocycles. The van der Waals surface area contributed by atoms with Crippen LogP contribution in [0.15, 0.2) is 42.5 Å². The Kier molecular flexibility index (Phi) is 8.10. The van der Waals surface area contributed by atoms with Crippen LogP contribution in [-0.2, 0) is 17.8 Å². The average molecular weight is 422 g/mol. The number of para-hydroxylation sites is 2. The van der Waals surface area contributed by atoms with Gasteiger partial charge in [-0.25, -0.2) is 4.98 Å². The summed E-state index contributed by atoms with van der Waals surface area (Å²) in [5, 5.41) is 3.00. The maximum Gasteiger partial charge on any atom is 0.222 e. The van der Waals surface area contributed by atoms with Crippen LogP contribution in [0.2, 0.25) is 0 Å². The van der Waals surface area contributed by atoms with Crippen molar-refractivity contribution < 1.29 is 9.53 Å². The first-order valence-electron chi connectivity index (χ1n) is 11.4. The maximum absolute atomic E-state index is 11.8. The summed E-state index contributed by atoms with van der Waals surface area (Å²) in [7, 11) is 0. The maximum atomic E-state index is 11.8. The van der Waals surface area contributed by atoms with Gasteiger partial charge in [-0.1, -0.05) is 32.0 Å². The molecule has 5 heteroatoms. The number of imidazole rings is 1. The molecule has 166 valence electrons. The first-order chi connectivity index (χ1) is 14.9. The number of aromatic nitrogens is 2.